The highest BCUT2D eigenvalue weighted by atomic mass is 16.2. The number of nitrogens with zero attached hydrogens (tertiary/aromatic N) is 2. The van der Waals surface area contributed by atoms with Crippen molar-refractivity contribution in [2.75, 3.05) is 33.7 Å². The fraction of sp³-hybridized carbons (Fsp3) is 0.562. The van der Waals surface area contributed by atoms with Gasteiger partial charge in [0.25, 0.3) is 5.91 Å². The van der Waals surface area contributed by atoms with Crippen LogP contribution in [0.2, 0.25) is 0 Å². The van der Waals surface area contributed by atoms with Gasteiger partial charge in [-0.25, -0.2) is 0 Å². The fourth-order valence-electron chi connectivity index (χ4n) is 2.54. The number of carbonyl (C=O) groups is 1. The zero-order valence-corrected chi connectivity index (χ0v) is 13.1. The molecule has 0 bridgehead atoms. The highest BCUT2D eigenvalue weighted by Gasteiger charge is 2.22. The predicted molar refractivity (Wildman–Crippen MR) is 83.9 cm³/mol. The molecule has 1 unspecified atom stereocenters. The summed E-state index contributed by atoms with van der Waals surface area (Å²) >= 11 is 0. The SMILES string of the molecule is CCN(C(=O)c1ccccc1CCN)C(C)CN(C)C. The first-order valence-corrected chi connectivity index (χ1v) is 7.24. The quantitative estimate of drug-likeness (QED) is 0.823. The first-order chi connectivity index (χ1) is 9.51. The van der Waals surface area contributed by atoms with E-state index in [4.69, 9.17) is 5.73 Å². The van der Waals surface area contributed by atoms with E-state index in [2.05, 4.69) is 11.8 Å². The van der Waals surface area contributed by atoms with Crippen molar-refractivity contribution in [3.8, 4) is 0 Å². The van der Waals surface area contributed by atoms with E-state index in [0.29, 0.717) is 13.1 Å². The van der Waals surface area contributed by atoms with Gasteiger partial charge in [-0.1, -0.05) is 18.2 Å². The van der Waals surface area contributed by atoms with Crippen LogP contribution in [0.15, 0.2) is 24.3 Å². The molecule has 1 aromatic carbocycles. The first-order valence-electron chi connectivity index (χ1n) is 7.24. The smallest absolute Gasteiger partial charge is 0.254 e. The lowest BCUT2D eigenvalue weighted by Gasteiger charge is -2.30. The zero-order valence-electron chi connectivity index (χ0n) is 13.1. The Labute approximate surface area is 122 Å². The van der Waals surface area contributed by atoms with Gasteiger partial charge in [0.05, 0.1) is 0 Å². The van der Waals surface area contributed by atoms with Crippen molar-refractivity contribution in [1.29, 1.82) is 0 Å². The van der Waals surface area contributed by atoms with Crippen LogP contribution in [0.5, 0.6) is 0 Å². The maximum Gasteiger partial charge on any atom is 0.254 e. The van der Waals surface area contributed by atoms with Gasteiger partial charge in [-0.2, -0.15) is 0 Å². The highest BCUT2D eigenvalue weighted by molar-refractivity contribution is 5.95. The van der Waals surface area contributed by atoms with Gasteiger partial charge in [0.2, 0.25) is 0 Å². The zero-order chi connectivity index (χ0) is 15.1. The van der Waals surface area contributed by atoms with Gasteiger partial charge in [0, 0.05) is 24.7 Å². The minimum absolute atomic E-state index is 0.103. The van der Waals surface area contributed by atoms with Crippen molar-refractivity contribution in [1.82, 2.24) is 9.80 Å². The topological polar surface area (TPSA) is 49.6 Å². The lowest BCUT2D eigenvalue weighted by Crippen LogP contribution is -2.44. The van der Waals surface area contributed by atoms with E-state index >= 15 is 0 Å². The highest BCUT2D eigenvalue weighted by Crippen LogP contribution is 2.14. The molecule has 0 saturated carbocycles. The van der Waals surface area contributed by atoms with Crippen LogP contribution in [-0.4, -0.2) is 55.5 Å². The maximum absolute atomic E-state index is 12.8. The molecular formula is C16H27N3O. The largest absolute Gasteiger partial charge is 0.335 e. The molecule has 4 nitrogen and oxygen atoms in total. The molecule has 0 saturated heterocycles. The second kappa shape index (κ2) is 8.02. The lowest BCUT2D eigenvalue weighted by atomic mass is 10.0. The monoisotopic (exact) mass is 277 g/mol. The first kappa shape index (κ1) is 16.7. The number of rotatable bonds is 7. The molecule has 1 atom stereocenters. The molecule has 0 fully saturated rings. The van der Waals surface area contributed by atoms with E-state index < -0.39 is 0 Å². The molecule has 0 spiro atoms. The number of hydrogen-bond donors (Lipinski definition) is 1. The number of likely N-dealkylation sites (N-methyl/N-ethyl adjacent to an activating group) is 2. The third kappa shape index (κ3) is 4.32. The molecule has 0 aliphatic rings. The molecule has 0 radical (unpaired) electrons. The molecule has 1 rings (SSSR count). The predicted octanol–water partition coefficient (Wildman–Crippen LogP) is 1.60. The fourth-order valence-corrected chi connectivity index (χ4v) is 2.54. The number of nitrogens with two attached hydrogens (primary N) is 1. The second-order valence-corrected chi connectivity index (χ2v) is 5.40. The van der Waals surface area contributed by atoms with E-state index in [1.54, 1.807) is 0 Å². The molecule has 0 aliphatic carbocycles. The number of amides is 1. The summed E-state index contributed by atoms with van der Waals surface area (Å²) in [6.45, 7) is 6.25. The van der Waals surface area contributed by atoms with Crippen molar-refractivity contribution in [3.05, 3.63) is 35.4 Å². The Bertz CT molecular complexity index is 431. The van der Waals surface area contributed by atoms with E-state index in [-0.39, 0.29) is 11.9 Å². The van der Waals surface area contributed by atoms with Crippen LogP contribution in [0.4, 0.5) is 0 Å². The Morgan fingerprint density at radius 3 is 2.50 bits per heavy atom. The molecule has 0 aliphatic heterocycles. The van der Waals surface area contributed by atoms with Crippen molar-refractivity contribution in [3.63, 3.8) is 0 Å². The van der Waals surface area contributed by atoms with Crippen LogP contribution in [0.3, 0.4) is 0 Å². The summed E-state index contributed by atoms with van der Waals surface area (Å²) in [6.07, 6.45) is 0.738. The van der Waals surface area contributed by atoms with Gasteiger partial charge in [-0.15, -0.1) is 0 Å². The lowest BCUT2D eigenvalue weighted by molar-refractivity contribution is 0.0678. The van der Waals surface area contributed by atoms with Crippen molar-refractivity contribution in [2.24, 2.45) is 5.73 Å². The molecule has 0 heterocycles. The summed E-state index contributed by atoms with van der Waals surface area (Å²) in [5.74, 6) is 0.103. The molecule has 4 heteroatoms. The van der Waals surface area contributed by atoms with Gasteiger partial charge >= 0.3 is 0 Å². The average Bonchev–Trinajstić information content (AvgIpc) is 2.39. The normalized spacial score (nSPS) is 12.5. The van der Waals surface area contributed by atoms with Crippen LogP contribution in [0.25, 0.3) is 0 Å². The number of hydrogen-bond acceptors (Lipinski definition) is 3. The number of benzene rings is 1. The Morgan fingerprint density at radius 1 is 1.30 bits per heavy atom. The van der Waals surface area contributed by atoms with Gasteiger partial charge in [0.15, 0.2) is 0 Å². The summed E-state index contributed by atoms with van der Waals surface area (Å²) < 4.78 is 0. The second-order valence-electron chi connectivity index (χ2n) is 5.40. The van der Waals surface area contributed by atoms with Gasteiger partial charge in [-0.05, 0) is 52.5 Å². The van der Waals surface area contributed by atoms with Crippen LogP contribution < -0.4 is 5.73 Å². The third-order valence-electron chi connectivity index (χ3n) is 3.42. The van der Waals surface area contributed by atoms with Gasteiger partial charge in [-0.3, -0.25) is 4.79 Å². The van der Waals surface area contributed by atoms with Gasteiger partial charge < -0.3 is 15.5 Å². The third-order valence-corrected chi connectivity index (χ3v) is 3.42. The molecule has 0 aromatic heterocycles. The minimum atomic E-state index is 0.103. The van der Waals surface area contributed by atoms with Crippen LogP contribution in [0.1, 0.15) is 29.8 Å². The van der Waals surface area contributed by atoms with Gasteiger partial charge in [0.1, 0.15) is 0 Å². The van der Waals surface area contributed by atoms with Crippen LogP contribution >= 0.6 is 0 Å². The van der Waals surface area contributed by atoms with Crippen molar-refractivity contribution < 1.29 is 4.79 Å². The molecule has 20 heavy (non-hydrogen) atoms. The van der Waals surface area contributed by atoms with E-state index in [9.17, 15) is 4.79 Å². The van der Waals surface area contributed by atoms with Crippen LogP contribution in [0, 0.1) is 0 Å². The number of carbonyl (C=O) groups excluding carboxylic acids is 1. The maximum atomic E-state index is 12.8. The Balaban J connectivity index is 2.96. The molecule has 1 amide bonds. The molecule has 2 N–H and O–H groups in total. The Morgan fingerprint density at radius 2 is 1.95 bits per heavy atom. The van der Waals surface area contributed by atoms with Crippen molar-refractivity contribution >= 4 is 5.91 Å². The minimum Gasteiger partial charge on any atom is -0.335 e. The Hall–Kier alpha value is -1.39. The molecule has 1 aromatic rings. The standard InChI is InChI=1S/C16H27N3O/c1-5-19(13(2)12-18(3)4)16(20)15-9-7-6-8-14(15)10-11-17/h6-9,13H,5,10-12,17H2,1-4H3. The summed E-state index contributed by atoms with van der Waals surface area (Å²) in [7, 11) is 4.05. The van der Waals surface area contributed by atoms with E-state index in [0.717, 1.165) is 24.1 Å². The molecular weight excluding hydrogens is 250 g/mol. The average molecular weight is 277 g/mol. The van der Waals surface area contributed by atoms with Crippen LogP contribution in [-0.2, 0) is 6.42 Å². The molecule has 112 valence electrons. The summed E-state index contributed by atoms with van der Waals surface area (Å²) in [6, 6.07) is 7.95. The van der Waals surface area contributed by atoms with E-state index in [1.807, 2.05) is 50.2 Å². The summed E-state index contributed by atoms with van der Waals surface area (Å²) in [5, 5.41) is 0. The Kier molecular flexibility index (Phi) is 6.68. The summed E-state index contributed by atoms with van der Waals surface area (Å²) in [5.41, 5.74) is 7.45. The van der Waals surface area contributed by atoms with Crippen molar-refractivity contribution in [2.45, 2.75) is 26.3 Å². The summed E-state index contributed by atoms with van der Waals surface area (Å²) in [4.78, 5) is 16.8. The van der Waals surface area contributed by atoms with E-state index in [1.165, 1.54) is 0 Å².